The first-order chi connectivity index (χ1) is 7.97. The van der Waals surface area contributed by atoms with Gasteiger partial charge in [0.1, 0.15) is 5.82 Å². The van der Waals surface area contributed by atoms with E-state index in [1.807, 2.05) is 39.5 Å². The van der Waals surface area contributed by atoms with Crippen molar-refractivity contribution in [2.45, 2.75) is 32.8 Å². The fourth-order valence-corrected chi connectivity index (χ4v) is 2.17. The smallest absolute Gasteiger partial charge is 0.131 e. The fraction of sp³-hybridized carbons (Fsp3) is 0.750. The molecule has 4 nitrogen and oxygen atoms in total. The van der Waals surface area contributed by atoms with E-state index in [1.54, 1.807) is 0 Å². The van der Waals surface area contributed by atoms with E-state index in [0.717, 1.165) is 23.6 Å². The molecule has 0 aliphatic heterocycles. The second-order valence-corrected chi connectivity index (χ2v) is 4.75. The van der Waals surface area contributed by atoms with E-state index in [1.165, 1.54) is 0 Å². The zero-order valence-electron chi connectivity index (χ0n) is 11.3. The molecule has 17 heavy (non-hydrogen) atoms. The van der Waals surface area contributed by atoms with Crippen LogP contribution in [0.4, 0.5) is 5.82 Å². The van der Waals surface area contributed by atoms with Crippen LogP contribution in [-0.2, 0) is 17.7 Å². The average Bonchev–Trinajstić information content (AvgIpc) is 2.52. The van der Waals surface area contributed by atoms with Crippen LogP contribution in [0.5, 0.6) is 0 Å². The predicted molar refractivity (Wildman–Crippen MR) is 71.9 cm³/mol. The van der Waals surface area contributed by atoms with Crippen molar-refractivity contribution in [3.8, 4) is 0 Å². The minimum atomic E-state index is 0.268. The SMILES string of the molecule is Cc1nn(C)c(N(C)CCOC(C)C)c1CCl. The Morgan fingerprint density at radius 2 is 2.12 bits per heavy atom. The van der Waals surface area contributed by atoms with Gasteiger partial charge in [0.15, 0.2) is 0 Å². The van der Waals surface area contributed by atoms with Crippen LogP contribution in [0, 0.1) is 6.92 Å². The Kier molecular flexibility index (Phi) is 5.28. The van der Waals surface area contributed by atoms with Gasteiger partial charge in [-0.15, -0.1) is 11.6 Å². The number of hydrogen-bond donors (Lipinski definition) is 0. The molecular weight excluding hydrogens is 238 g/mol. The van der Waals surface area contributed by atoms with Crippen molar-refractivity contribution < 1.29 is 4.74 Å². The van der Waals surface area contributed by atoms with Gasteiger partial charge >= 0.3 is 0 Å². The van der Waals surface area contributed by atoms with E-state index in [4.69, 9.17) is 16.3 Å². The molecule has 98 valence electrons. The minimum absolute atomic E-state index is 0.268. The van der Waals surface area contributed by atoms with E-state index in [-0.39, 0.29) is 6.10 Å². The Labute approximate surface area is 108 Å². The molecule has 0 spiro atoms. The number of aryl methyl sites for hydroxylation is 2. The van der Waals surface area contributed by atoms with Gasteiger partial charge in [0.2, 0.25) is 0 Å². The highest BCUT2D eigenvalue weighted by molar-refractivity contribution is 6.17. The molecule has 0 radical (unpaired) electrons. The monoisotopic (exact) mass is 259 g/mol. The minimum Gasteiger partial charge on any atom is -0.377 e. The van der Waals surface area contributed by atoms with Gasteiger partial charge in [0.05, 0.1) is 24.3 Å². The lowest BCUT2D eigenvalue weighted by molar-refractivity contribution is 0.0844. The van der Waals surface area contributed by atoms with Crippen LogP contribution >= 0.6 is 11.6 Å². The number of aromatic nitrogens is 2. The van der Waals surface area contributed by atoms with Crippen molar-refractivity contribution in [1.29, 1.82) is 0 Å². The number of alkyl halides is 1. The summed E-state index contributed by atoms with van der Waals surface area (Å²) >= 11 is 5.97. The molecule has 0 saturated carbocycles. The average molecular weight is 260 g/mol. The van der Waals surface area contributed by atoms with E-state index >= 15 is 0 Å². The van der Waals surface area contributed by atoms with E-state index in [2.05, 4.69) is 10.00 Å². The molecule has 1 rings (SSSR count). The molecule has 1 aromatic heterocycles. The standard InChI is InChI=1S/C12H22ClN3O/c1-9(2)17-7-6-15(4)12-11(8-13)10(3)14-16(12)5/h9H,6-8H2,1-5H3. The number of rotatable bonds is 6. The quantitative estimate of drug-likeness (QED) is 0.735. The summed E-state index contributed by atoms with van der Waals surface area (Å²) in [5.74, 6) is 1.56. The largest absolute Gasteiger partial charge is 0.377 e. The van der Waals surface area contributed by atoms with Crippen LogP contribution in [0.3, 0.4) is 0 Å². The molecule has 5 heteroatoms. The highest BCUT2D eigenvalue weighted by Crippen LogP contribution is 2.23. The molecule has 0 aliphatic carbocycles. The summed E-state index contributed by atoms with van der Waals surface area (Å²) in [5, 5.41) is 4.40. The number of hydrogen-bond acceptors (Lipinski definition) is 3. The fourth-order valence-electron chi connectivity index (χ4n) is 1.85. The summed E-state index contributed by atoms with van der Waals surface area (Å²) in [6.07, 6.45) is 0.268. The van der Waals surface area contributed by atoms with E-state index in [0.29, 0.717) is 12.5 Å². The van der Waals surface area contributed by atoms with Crippen molar-refractivity contribution in [3.63, 3.8) is 0 Å². The molecule has 0 saturated heterocycles. The summed E-state index contributed by atoms with van der Waals surface area (Å²) in [4.78, 5) is 2.14. The topological polar surface area (TPSA) is 30.3 Å². The van der Waals surface area contributed by atoms with E-state index < -0.39 is 0 Å². The van der Waals surface area contributed by atoms with Gasteiger partial charge in [-0.1, -0.05) is 0 Å². The summed E-state index contributed by atoms with van der Waals surface area (Å²) < 4.78 is 7.43. The lowest BCUT2D eigenvalue weighted by Crippen LogP contribution is -2.26. The molecule has 0 aromatic carbocycles. The molecular formula is C12H22ClN3O. The Bertz CT molecular complexity index is 363. The van der Waals surface area contributed by atoms with Crippen molar-refractivity contribution in [2.24, 2.45) is 7.05 Å². The summed E-state index contributed by atoms with van der Waals surface area (Å²) in [7, 11) is 3.98. The van der Waals surface area contributed by atoms with Gasteiger partial charge in [-0.05, 0) is 20.8 Å². The van der Waals surface area contributed by atoms with Crippen molar-refractivity contribution in [2.75, 3.05) is 25.1 Å². The lowest BCUT2D eigenvalue weighted by atomic mass is 10.2. The number of nitrogens with zero attached hydrogens (tertiary/aromatic N) is 3. The zero-order valence-corrected chi connectivity index (χ0v) is 12.1. The van der Waals surface area contributed by atoms with Crippen molar-refractivity contribution in [3.05, 3.63) is 11.3 Å². The summed E-state index contributed by atoms with van der Waals surface area (Å²) in [6.45, 7) is 7.61. The first kappa shape index (κ1) is 14.3. The molecule has 0 bridgehead atoms. The Morgan fingerprint density at radius 1 is 1.47 bits per heavy atom. The number of anilines is 1. The molecule has 0 unspecified atom stereocenters. The van der Waals surface area contributed by atoms with Crippen LogP contribution in [0.15, 0.2) is 0 Å². The first-order valence-corrected chi connectivity index (χ1v) is 6.42. The van der Waals surface area contributed by atoms with Gasteiger partial charge in [0, 0.05) is 26.2 Å². The third-order valence-electron chi connectivity index (χ3n) is 2.69. The zero-order chi connectivity index (χ0) is 13.0. The van der Waals surface area contributed by atoms with Crippen LogP contribution in [0.25, 0.3) is 0 Å². The maximum atomic E-state index is 5.97. The molecule has 0 fully saturated rings. The normalized spacial score (nSPS) is 11.2. The summed E-state index contributed by atoms with van der Waals surface area (Å²) in [6, 6.07) is 0. The highest BCUT2D eigenvalue weighted by atomic mass is 35.5. The second-order valence-electron chi connectivity index (χ2n) is 4.49. The van der Waals surface area contributed by atoms with Crippen molar-refractivity contribution >= 4 is 17.4 Å². The van der Waals surface area contributed by atoms with Gasteiger partial charge < -0.3 is 9.64 Å². The van der Waals surface area contributed by atoms with Gasteiger partial charge in [0.25, 0.3) is 0 Å². The van der Waals surface area contributed by atoms with Crippen LogP contribution in [0.1, 0.15) is 25.1 Å². The Morgan fingerprint density at radius 3 is 2.65 bits per heavy atom. The third-order valence-corrected chi connectivity index (χ3v) is 2.95. The van der Waals surface area contributed by atoms with Crippen LogP contribution in [0.2, 0.25) is 0 Å². The first-order valence-electron chi connectivity index (χ1n) is 5.88. The number of likely N-dealkylation sites (N-methyl/N-ethyl adjacent to an activating group) is 1. The van der Waals surface area contributed by atoms with Gasteiger partial charge in [-0.2, -0.15) is 5.10 Å². The maximum Gasteiger partial charge on any atom is 0.131 e. The molecule has 0 amide bonds. The molecule has 0 aliphatic rings. The van der Waals surface area contributed by atoms with Crippen molar-refractivity contribution in [1.82, 2.24) is 9.78 Å². The summed E-state index contributed by atoms with van der Waals surface area (Å²) in [5.41, 5.74) is 2.09. The van der Waals surface area contributed by atoms with Crippen LogP contribution in [-0.4, -0.2) is 36.1 Å². The second kappa shape index (κ2) is 6.26. The number of ether oxygens (including phenoxy) is 1. The molecule has 1 heterocycles. The number of halogens is 1. The van der Waals surface area contributed by atoms with Gasteiger partial charge in [-0.3, -0.25) is 4.68 Å². The highest BCUT2D eigenvalue weighted by Gasteiger charge is 2.15. The molecule has 0 N–H and O–H groups in total. The molecule has 0 atom stereocenters. The van der Waals surface area contributed by atoms with Gasteiger partial charge in [-0.25, -0.2) is 0 Å². The molecule has 1 aromatic rings. The third kappa shape index (κ3) is 3.61. The van der Waals surface area contributed by atoms with E-state index in [9.17, 15) is 0 Å². The predicted octanol–water partition coefficient (Wildman–Crippen LogP) is 2.33. The lowest BCUT2D eigenvalue weighted by Gasteiger charge is -2.21. The Balaban J connectivity index is 2.71. The maximum absolute atomic E-state index is 5.97. The Hall–Kier alpha value is -0.740. The van der Waals surface area contributed by atoms with Crippen LogP contribution < -0.4 is 4.90 Å².